The zero-order valence-electron chi connectivity index (χ0n) is 31.8. The van der Waals surface area contributed by atoms with E-state index in [-0.39, 0.29) is 40.7 Å². The van der Waals surface area contributed by atoms with Gasteiger partial charge in [0.05, 0.1) is 28.1 Å². The third kappa shape index (κ3) is 14.5. The minimum absolute atomic E-state index is 0.0104. The van der Waals surface area contributed by atoms with Gasteiger partial charge in [-0.2, -0.15) is 13.2 Å². The number of ether oxygens (including phenoxy) is 2. The molecule has 0 aliphatic carbocycles. The second-order valence-corrected chi connectivity index (χ2v) is 13.6. The number of anilines is 1. The number of aromatic nitrogens is 2. The van der Waals surface area contributed by atoms with Gasteiger partial charge in [0.25, 0.3) is 11.5 Å². The molecule has 308 valence electrons. The molecule has 0 atom stereocenters. The van der Waals surface area contributed by atoms with Gasteiger partial charge in [0.15, 0.2) is 4.84 Å². The number of benzene rings is 2. The zero-order valence-corrected chi connectivity index (χ0v) is 34.8. The van der Waals surface area contributed by atoms with Crippen molar-refractivity contribution in [2.24, 2.45) is 7.05 Å². The highest BCUT2D eigenvalue weighted by atomic mass is 35.5. The van der Waals surface area contributed by atoms with Crippen LogP contribution in [0.3, 0.4) is 0 Å². The third-order valence-corrected chi connectivity index (χ3v) is 8.32. The molecule has 2 aromatic carbocycles. The van der Waals surface area contributed by atoms with E-state index in [1.54, 1.807) is 30.9 Å². The summed E-state index contributed by atoms with van der Waals surface area (Å²) in [6, 6.07) is 9.94. The number of nitrogens with zero attached hydrogens (tertiary/aromatic N) is 4. The molecule has 1 aromatic heterocycles. The molecule has 0 aliphatic heterocycles. The van der Waals surface area contributed by atoms with Crippen molar-refractivity contribution >= 4 is 69.9 Å². The number of hydrogen-bond acceptors (Lipinski definition) is 7. The summed E-state index contributed by atoms with van der Waals surface area (Å²) in [5.41, 5.74) is -0.880. The van der Waals surface area contributed by atoms with E-state index < -0.39 is 40.0 Å². The smallest absolute Gasteiger partial charge is 0.431 e. The fourth-order valence-electron chi connectivity index (χ4n) is 4.83. The lowest BCUT2D eigenvalue weighted by Crippen LogP contribution is -2.40. The quantitative estimate of drug-likeness (QED) is 0.0700. The van der Waals surface area contributed by atoms with E-state index >= 15 is 0 Å². The Hall–Kier alpha value is -4.08. The maximum absolute atomic E-state index is 12.9. The highest BCUT2D eigenvalue weighted by Gasteiger charge is 2.35. The molecule has 0 unspecified atom stereocenters. The summed E-state index contributed by atoms with van der Waals surface area (Å²) in [4.78, 5) is 61.7. The van der Waals surface area contributed by atoms with Crippen LogP contribution in [0.5, 0.6) is 0 Å². The number of alkyl halides is 6. The van der Waals surface area contributed by atoms with Crippen LogP contribution in [-0.2, 0) is 38.7 Å². The van der Waals surface area contributed by atoms with Crippen LogP contribution in [0.2, 0.25) is 5.02 Å². The van der Waals surface area contributed by atoms with Crippen molar-refractivity contribution < 1.29 is 37.0 Å². The van der Waals surface area contributed by atoms with Crippen molar-refractivity contribution in [3.63, 3.8) is 0 Å². The molecule has 0 fully saturated rings. The molecule has 0 bridgehead atoms. The number of aryl methyl sites for hydroxylation is 2. The molecule has 0 aliphatic rings. The van der Waals surface area contributed by atoms with Gasteiger partial charge in [-0.25, -0.2) is 14.2 Å². The number of esters is 1. The van der Waals surface area contributed by atoms with Crippen LogP contribution in [0.25, 0.3) is 5.69 Å². The Bertz CT molecular complexity index is 1940. The standard InChI is InChI=1S/C16H14ClF3N2O4.C14H20ClNO2.C8H11Cl2NO/c1-8(2)26-14(24)10-6-9(4-5-11(10)17)22-13(23)7-12(16(18,19)20)21(3)15(22)25;1-4-12-8-6-7-11(3)14(12)16(10-18-5-2)13(17)9-15;1-3-5-11(6-4-2)8(12)7(9)10/h4-8H,1-3H3;6-8H,4-5,9-10H2,1-3H3;3-4,7H,1-2,5-6H2. The summed E-state index contributed by atoms with van der Waals surface area (Å²) >= 11 is 22.4. The van der Waals surface area contributed by atoms with E-state index in [1.165, 1.54) is 17.0 Å². The number of carbonyl (C=O) groups is 3. The number of carbonyl (C=O) groups excluding carboxylic acids is 3. The number of halogens is 7. The van der Waals surface area contributed by atoms with Crippen LogP contribution >= 0.6 is 46.4 Å². The molecule has 0 saturated carbocycles. The predicted molar refractivity (Wildman–Crippen MR) is 216 cm³/mol. The SMILES string of the molecule is C=CCN(CC=C)C(=O)C(Cl)Cl.CC(C)OC(=O)c1cc(-n2c(=O)cc(C(F)(F)F)n(C)c2=O)ccc1Cl.CCOCN(C(=O)CCl)c1c(C)cccc1CC. The summed E-state index contributed by atoms with van der Waals surface area (Å²) in [5.74, 6) is -1.28. The third-order valence-electron chi connectivity index (χ3n) is 7.39. The van der Waals surface area contributed by atoms with Gasteiger partial charge in [-0.1, -0.05) is 72.1 Å². The minimum Gasteiger partial charge on any atom is -0.459 e. The molecule has 0 radical (unpaired) electrons. The lowest BCUT2D eigenvalue weighted by Gasteiger charge is -2.25. The Morgan fingerprint density at radius 1 is 1.00 bits per heavy atom. The monoisotopic (exact) mass is 866 g/mol. The van der Waals surface area contributed by atoms with E-state index in [2.05, 4.69) is 20.1 Å². The van der Waals surface area contributed by atoms with E-state index in [0.29, 0.717) is 34.9 Å². The van der Waals surface area contributed by atoms with E-state index in [9.17, 15) is 37.1 Å². The second-order valence-electron chi connectivity index (χ2n) is 11.8. The lowest BCUT2D eigenvalue weighted by atomic mass is 10.0. The van der Waals surface area contributed by atoms with Crippen molar-refractivity contribution in [2.45, 2.75) is 58.2 Å². The summed E-state index contributed by atoms with van der Waals surface area (Å²) in [7, 11) is 0.894. The molecule has 11 nitrogen and oxygen atoms in total. The summed E-state index contributed by atoms with van der Waals surface area (Å²) < 4.78 is 49.9. The molecule has 0 N–H and O–H groups in total. The highest BCUT2D eigenvalue weighted by Crippen LogP contribution is 2.28. The zero-order chi connectivity index (χ0) is 42.9. The van der Waals surface area contributed by atoms with Gasteiger partial charge in [-0.3, -0.25) is 23.9 Å². The molecule has 56 heavy (non-hydrogen) atoms. The average Bonchev–Trinajstić information content (AvgIpc) is 3.13. The number of amides is 2. The summed E-state index contributed by atoms with van der Waals surface area (Å²) in [6.07, 6.45) is -1.22. The van der Waals surface area contributed by atoms with E-state index in [0.717, 1.165) is 36.3 Å². The first-order valence-corrected chi connectivity index (χ1v) is 18.7. The first-order chi connectivity index (χ1) is 26.2. The van der Waals surface area contributed by atoms with Crippen molar-refractivity contribution in [3.8, 4) is 5.69 Å². The topological polar surface area (TPSA) is 120 Å². The Kier molecular flexibility index (Phi) is 21.3. The Morgan fingerprint density at radius 3 is 2.09 bits per heavy atom. The normalized spacial score (nSPS) is 10.8. The molecular weight excluding hydrogens is 823 g/mol. The molecule has 1 heterocycles. The molecular formula is C38H45Cl4F3N4O7. The van der Waals surface area contributed by atoms with Crippen LogP contribution in [0.1, 0.15) is 54.9 Å². The predicted octanol–water partition coefficient (Wildman–Crippen LogP) is 7.89. The number of rotatable bonds is 14. The van der Waals surface area contributed by atoms with Gasteiger partial charge in [-0.15, -0.1) is 24.8 Å². The van der Waals surface area contributed by atoms with Crippen molar-refractivity contribution in [1.29, 1.82) is 0 Å². The van der Waals surface area contributed by atoms with Crippen LogP contribution in [-0.4, -0.2) is 75.1 Å². The second kappa shape index (κ2) is 23.9. The molecule has 18 heteroatoms. The molecule has 2 amide bonds. The fraction of sp³-hybridized carbons (Fsp3) is 0.395. The lowest BCUT2D eigenvalue weighted by molar-refractivity contribution is -0.144. The summed E-state index contributed by atoms with van der Waals surface area (Å²) in [6.45, 7) is 17.9. The highest BCUT2D eigenvalue weighted by molar-refractivity contribution is 6.53. The van der Waals surface area contributed by atoms with Crippen molar-refractivity contribution in [2.75, 3.05) is 37.2 Å². The van der Waals surface area contributed by atoms with Gasteiger partial charge in [-0.05, 0) is 63.4 Å². The number of para-hydroxylation sites is 1. The first-order valence-electron chi connectivity index (χ1n) is 16.9. The maximum Gasteiger partial charge on any atom is 0.431 e. The van der Waals surface area contributed by atoms with Crippen LogP contribution in [0.4, 0.5) is 18.9 Å². The molecule has 3 aromatic rings. The van der Waals surface area contributed by atoms with E-state index in [1.807, 2.05) is 32.0 Å². The van der Waals surface area contributed by atoms with Crippen LogP contribution in [0.15, 0.2) is 77.4 Å². The van der Waals surface area contributed by atoms with Gasteiger partial charge in [0.1, 0.15) is 18.3 Å². The average molecular weight is 869 g/mol. The number of hydrogen-bond donors (Lipinski definition) is 0. The maximum atomic E-state index is 12.9. The van der Waals surface area contributed by atoms with Gasteiger partial charge in [0, 0.05) is 32.8 Å². The van der Waals surface area contributed by atoms with Crippen LogP contribution < -0.4 is 16.1 Å². The van der Waals surface area contributed by atoms with Crippen LogP contribution in [0, 0.1) is 6.92 Å². The van der Waals surface area contributed by atoms with Crippen molar-refractivity contribution in [3.05, 3.63) is 116 Å². The fourth-order valence-corrected chi connectivity index (χ4v) is 5.45. The Morgan fingerprint density at radius 2 is 1.61 bits per heavy atom. The largest absolute Gasteiger partial charge is 0.459 e. The molecule has 0 saturated heterocycles. The van der Waals surface area contributed by atoms with Gasteiger partial charge in [0.2, 0.25) is 5.91 Å². The first kappa shape index (κ1) is 49.9. The molecule has 3 rings (SSSR count). The Balaban J connectivity index is 0.000000455. The van der Waals surface area contributed by atoms with Crippen molar-refractivity contribution in [1.82, 2.24) is 14.0 Å². The Labute approximate surface area is 343 Å². The molecule has 0 spiro atoms. The minimum atomic E-state index is -4.86. The van der Waals surface area contributed by atoms with E-state index in [4.69, 9.17) is 55.9 Å². The van der Waals surface area contributed by atoms with Gasteiger partial charge >= 0.3 is 17.8 Å². The van der Waals surface area contributed by atoms with Gasteiger partial charge < -0.3 is 14.4 Å². The summed E-state index contributed by atoms with van der Waals surface area (Å²) in [5, 5.41) is 0.0104.